The van der Waals surface area contributed by atoms with Gasteiger partial charge in [0.15, 0.2) is 0 Å². The highest BCUT2D eigenvalue weighted by Crippen LogP contribution is 2.19. The molecule has 1 fully saturated rings. The molecule has 1 atom stereocenters. The number of nitrogens with zero attached hydrogens (tertiary/aromatic N) is 3. The highest BCUT2D eigenvalue weighted by Gasteiger charge is 2.29. The molecule has 6 heteroatoms. The number of carbonyl (C=O) groups excluding carboxylic acids is 1. The summed E-state index contributed by atoms with van der Waals surface area (Å²) in [4.78, 5) is 19.7. The highest BCUT2D eigenvalue weighted by molar-refractivity contribution is 5.98. The summed E-state index contributed by atoms with van der Waals surface area (Å²) in [6.07, 6.45) is 1.93. The molecule has 2 heterocycles. The second kappa shape index (κ2) is 4.89. The first kappa shape index (κ1) is 12.8. The average molecular weight is 252 g/mol. The van der Waals surface area contributed by atoms with Crippen LogP contribution in [-0.2, 0) is 0 Å². The fourth-order valence-corrected chi connectivity index (χ4v) is 2.14. The largest absolute Gasteiger partial charge is 0.383 e. The molecule has 2 rings (SSSR count). The summed E-state index contributed by atoms with van der Waals surface area (Å²) < 4.78 is 13.1. The maximum atomic E-state index is 13.1. The molecular weight excluding hydrogens is 235 g/mol. The molecule has 1 aromatic heterocycles. The van der Waals surface area contributed by atoms with Gasteiger partial charge in [0.2, 0.25) is 0 Å². The summed E-state index contributed by atoms with van der Waals surface area (Å²) in [6.45, 7) is 1.30. The van der Waals surface area contributed by atoms with Crippen molar-refractivity contribution in [2.45, 2.75) is 12.5 Å². The summed E-state index contributed by atoms with van der Waals surface area (Å²) >= 11 is 0. The molecule has 1 amide bonds. The number of pyridine rings is 1. The molecule has 1 aliphatic heterocycles. The van der Waals surface area contributed by atoms with E-state index in [1.807, 2.05) is 14.1 Å². The number of hydrogen-bond donors (Lipinski definition) is 1. The van der Waals surface area contributed by atoms with E-state index in [4.69, 9.17) is 5.73 Å². The number of anilines is 1. The predicted molar refractivity (Wildman–Crippen MR) is 66.6 cm³/mol. The Bertz CT molecular complexity index is 463. The van der Waals surface area contributed by atoms with Crippen LogP contribution >= 0.6 is 0 Å². The van der Waals surface area contributed by atoms with Gasteiger partial charge in [-0.05, 0) is 26.6 Å². The molecule has 0 bridgehead atoms. The van der Waals surface area contributed by atoms with Crippen molar-refractivity contribution >= 4 is 11.7 Å². The number of likely N-dealkylation sites (N-methyl/N-ethyl adjacent to an activating group) is 1. The number of hydrogen-bond acceptors (Lipinski definition) is 4. The Labute approximate surface area is 105 Å². The number of rotatable bonds is 2. The van der Waals surface area contributed by atoms with Crippen LogP contribution in [0.1, 0.15) is 16.8 Å². The number of amides is 1. The van der Waals surface area contributed by atoms with Gasteiger partial charge in [-0.1, -0.05) is 0 Å². The van der Waals surface area contributed by atoms with Crippen molar-refractivity contribution in [3.05, 3.63) is 23.6 Å². The molecule has 0 radical (unpaired) electrons. The number of likely N-dealkylation sites (tertiary alicyclic amines) is 1. The van der Waals surface area contributed by atoms with Gasteiger partial charge < -0.3 is 15.5 Å². The van der Waals surface area contributed by atoms with Gasteiger partial charge >= 0.3 is 0 Å². The van der Waals surface area contributed by atoms with Crippen LogP contribution in [-0.4, -0.2) is 53.9 Å². The van der Waals surface area contributed by atoms with Crippen LogP contribution in [0.4, 0.5) is 10.2 Å². The summed E-state index contributed by atoms with van der Waals surface area (Å²) in [5.74, 6) is -0.713. The van der Waals surface area contributed by atoms with Crippen molar-refractivity contribution in [1.29, 1.82) is 0 Å². The van der Waals surface area contributed by atoms with Gasteiger partial charge in [-0.2, -0.15) is 0 Å². The van der Waals surface area contributed by atoms with Crippen LogP contribution in [0.2, 0.25) is 0 Å². The van der Waals surface area contributed by atoms with Crippen molar-refractivity contribution in [3.63, 3.8) is 0 Å². The molecule has 1 unspecified atom stereocenters. The third-order valence-electron chi connectivity index (χ3n) is 3.30. The van der Waals surface area contributed by atoms with Crippen molar-refractivity contribution in [2.75, 3.05) is 32.9 Å². The monoisotopic (exact) mass is 252 g/mol. The van der Waals surface area contributed by atoms with E-state index >= 15 is 0 Å². The molecule has 0 saturated carbocycles. The lowest BCUT2D eigenvalue weighted by Crippen LogP contribution is -2.34. The zero-order valence-corrected chi connectivity index (χ0v) is 10.6. The van der Waals surface area contributed by atoms with Crippen molar-refractivity contribution in [2.24, 2.45) is 0 Å². The van der Waals surface area contributed by atoms with E-state index in [0.29, 0.717) is 19.1 Å². The van der Waals surface area contributed by atoms with Crippen LogP contribution < -0.4 is 5.73 Å². The molecule has 0 aromatic carbocycles. The van der Waals surface area contributed by atoms with Crippen LogP contribution in [0.5, 0.6) is 0 Å². The topological polar surface area (TPSA) is 62.5 Å². The normalized spacial score (nSPS) is 19.6. The van der Waals surface area contributed by atoms with Gasteiger partial charge in [0.05, 0.1) is 11.8 Å². The summed E-state index contributed by atoms with van der Waals surface area (Å²) in [7, 11) is 3.97. The first-order valence-corrected chi connectivity index (χ1v) is 5.85. The zero-order chi connectivity index (χ0) is 13.3. The van der Waals surface area contributed by atoms with Gasteiger partial charge in [-0.25, -0.2) is 9.37 Å². The Kier molecular flexibility index (Phi) is 3.47. The molecule has 1 aliphatic rings. The number of halogens is 1. The lowest BCUT2D eigenvalue weighted by Gasteiger charge is -2.20. The lowest BCUT2D eigenvalue weighted by atomic mass is 10.2. The van der Waals surface area contributed by atoms with E-state index in [9.17, 15) is 9.18 Å². The molecule has 5 nitrogen and oxygen atoms in total. The Hall–Kier alpha value is -1.69. The lowest BCUT2D eigenvalue weighted by molar-refractivity contribution is 0.0783. The number of nitrogen functional groups attached to an aromatic ring is 1. The van der Waals surface area contributed by atoms with Crippen LogP contribution in [0.15, 0.2) is 12.3 Å². The Morgan fingerprint density at radius 3 is 2.94 bits per heavy atom. The summed E-state index contributed by atoms with van der Waals surface area (Å²) in [5, 5.41) is 0. The fourth-order valence-electron chi connectivity index (χ4n) is 2.14. The van der Waals surface area contributed by atoms with Crippen molar-refractivity contribution in [3.8, 4) is 0 Å². The number of aromatic nitrogens is 1. The van der Waals surface area contributed by atoms with Gasteiger partial charge in [-0.15, -0.1) is 0 Å². The second-order valence-corrected chi connectivity index (χ2v) is 4.74. The SMILES string of the molecule is CN(C)C1CCN(C(=O)c2cc(F)cnc2N)C1. The molecule has 98 valence electrons. The molecule has 0 spiro atoms. The van der Waals surface area contributed by atoms with Crippen LogP contribution in [0, 0.1) is 5.82 Å². The number of carbonyl (C=O) groups is 1. The van der Waals surface area contributed by atoms with Crippen LogP contribution in [0.3, 0.4) is 0 Å². The third-order valence-corrected chi connectivity index (χ3v) is 3.30. The zero-order valence-electron chi connectivity index (χ0n) is 10.6. The standard InChI is InChI=1S/C12H17FN4O/c1-16(2)9-3-4-17(7-9)12(18)10-5-8(13)6-15-11(10)14/h5-6,9H,3-4,7H2,1-2H3,(H2,14,15). The summed E-state index contributed by atoms with van der Waals surface area (Å²) in [6, 6.07) is 1.49. The van der Waals surface area contributed by atoms with Gasteiger partial charge in [0.25, 0.3) is 5.91 Å². The maximum absolute atomic E-state index is 13.1. The second-order valence-electron chi connectivity index (χ2n) is 4.74. The smallest absolute Gasteiger partial charge is 0.257 e. The van der Waals surface area contributed by atoms with E-state index < -0.39 is 5.82 Å². The quantitative estimate of drug-likeness (QED) is 0.836. The van der Waals surface area contributed by atoms with Gasteiger partial charge in [-0.3, -0.25) is 4.79 Å². The van der Waals surface area contributed by atoms with Crippen molar-refractivity contribution < 1.29 is 9.18 Å². The molecule has 2 N–H and O–H groups in total. The van der Waals surface area contributed by atoms with Crippen molar-refractivity contribution in [1.82, 2.24) is 14.8 Å². The molecule has 1 saturated heterocycles. The minimum atomic E-state index is -0.545. The van der Waals surface area contributed by atoms with Gasteiger partial charge in [0.1, 0.15) is 11.6 Å². The Morgan fingerprint density at radius 1 is 1.61 bits per heavy atom. The van der Waals surface area contributed by atoms with E-state index in [2.05, 4.69) is 9.88 Å². The third kappa shape index (κ3) is 2.43. The first-order valence-electron chi connectivity index (χ1n) is 5.85. The fraction of sp³-hybridized carbons (Fsp3) is 0.500. The minimum absolute atomic E-state index is 0.0784. The highest BCUT2D eigenvalue weighted by atomic mass is 19.1. The van der Waals surface area contributed by atoms with Crippen LogP contribution in [0.25, 0.3) is 0 Å². The summed E-state index contributed by atoms with van der Waals surface area (Å²) in [5.41, 5.74) is 5.76. The first-order chi connectivity index (χ1) is 8.49. The molecule has 1 aromatic rings. The molecule has 18 heavy (non-hydrogen) atoms. The van der Waals surface area contributed by atoms with E-state index in [0.717, 1.165) is 18.7 Å². The molecular formula is C12H17FN4O. The van der Waals surface area contributed by atoms with E-state index in [-0.39, 0.29) is 17.3 Å². The Balaban J connectivity index is 2.15. The number of nitrogens with two attached hydrogens (primary N) is 1. The van der Waals surface area contributed by atoms with Gasteiger partial charge in [0, 0.05) is 19.1 Å². The average Bonchev–Trinajstić information content (AvgIpc) is 2.81. The molecule has 0 aliphatic carbocycles. The maximum Gasteiger partial charge on any atom is 0.257 e. The predicted octanol–water partition coefficient (Wildman–Crippen LogP) is 0.579. The van der Waals surface area contributed by atoms with E-state index in [1.165, 1.54) is 0 Å². The Morgan fingerprint density at radius 2 is 2.33 bits per heavy atom. The van der Waals surface area contributed by atoms with E-state index in [1.54, 1.807) is 4.90 Å². The minimum Gasteiger partial charge on any atom is -0.383 e.